The topological polar surface area (TPSA) is 70.4 Å². The number of ether oxygens (including phenoxy) is 2. The molecule has 0 aromatic carbocycles. The molecule has 0 aliphatic carbocycles. The molecule has 0 spiro atoms. The first kappa shape index (κ1) is 11.4. The number of rotatable bonds is 5. The molecule has 0 bridgehead atoms. The van der Waals surface area contributed by atoms with E-state index in [2.05, 4.69) is 9.84 Å². The smallest absolute Gasteiger partial charge is 0.267 e. The Balaban J connectivity index is 2.84. The van der Waals surface area contributed by atoms with Crippen molar-refractivity contribution in [2.75, 3.05) is 20.8 Å². The van der Waals surface area contributed by atoms with Crippen molar-refractivity contribution in [3.63, 3.8) is 0 Å². The Morgan fingerprint density at radius 1 is 1.47 bits per heavy atom. The van der Waals surface area contributed by atoms with Crippen LogP contribution in [0.5, 0.6) is 5.88 Å². The molecule has 0 unspecified atom stereocenters. The highest BCUT2D eigenvalue weighted by Crippen LogP contribution is 1.98. The molecule has 0 N–H and O–H groups in total. The summed E-state index contributed by atoms with van der Waals surface area (Å²) in [6, 6.07) is 2.74. The summed E-state index contributed by atoms with van der Waals surface area (Å²) in [5, 5.41) is 3.82. The molecule has 6 heteroatoms. The lowest BCUT2D eigenvalue weighted by atomic mass is 10.4. The van der Waals surface area contributed by atoms with E-state index in [0.717, 1.165) is 4.68 Å². The summed E-state index contributed by atoms with van der Waals surface area (Å²) in [4.78, 5) is 22.5. The second-order valence-electron chi connectivity index (χ2n) is 2.84. The van der Waals surface area contributed by atoms with Gasteiger partial charge >= 0.3 is 0 Å². The minimum absolute atomic E-state index is 0.0364. The third-order valence-corrected chi connectivity index (χ3v) is 1.68. The van der Waals surface area contributed by atoms with Crippen molar-refractivity contribution in [3.8, 4) is 5.88 Å². The summed E-state index contributed by atoms with van der Waals surface area (Å²) >= 11 is 0. The second kappa shape index (κ2) is 5.26. The number of hydrogen-bond acceptors (Lipinski definition) is 5. The summed E-state index contributed by atoms with van der Waals surface area (Å²) in [6.45, 7) is -0.144. The first-order valence-electron chi connectivity index (χ1n) is 4.30. The molecule has 0 amide bonds. The van der Waals surface area contributed by atoms with Crippen molar-refractivity contribution in [1.82, 2.24) is 9.78 Å². The van der Waals surface area contributed by atoms with Crippen LogP contribution in [0.1, 0.15) is 0 Å². The minimum atomic E-state index is -0.347. The van der Waals surface area contributed by atoms with Gasteiger partial charge in [-0.1, -0.05) is 0 Å². The quantitative estimate of drug-likeness (QED) is 0.656. The molecule has 0 saturated carbocycles. The van der Waals surface area contributed by atoms with Gasteiger partial charge in [-0.25, -0.2) is 4.68 Å². The van der Waals surface area contributed by atoms with Crippen molar-refractivity contribution >= 4 is 5.78 Å². The Labute approximate surface area is 86.4 Å². The highest BCUT2D eigenvalue weighted by molar-refractivity contribution is 5.79. The first-order chi connectivity index (χ1) is 7.17. The molecule has 6 nitrogen and oxygen atoms in total. The number of hydrogen-bond donors (Lipinski definition) is 0. The van der Waals surface area contributed by atoms with Crippen LogP contribution in [0.15, 0.2) is 16.9 Å². The Bertz CT molecular complexity index is 399. The molecule has 0 fully saturated rings. The molecule has 1 aromatic heterocycles. The van der Waals surface area contributed by atoms with Crippen LogP contribution in [-0.2, 0) is 16.1 Å². The van der Waals surface area contributed by atoms with E-state index in [-0.39, 0.29) is 24.5 Å². The number of methoxy groups -OCH3 is 2. The van der Waals surface area contributed by atoms with Gasteiger partial charge in [0.15, 0.2) is 5.78 Å². The molecule has 82 valence electrons. The van der Waals surface area contributed by atoms with Crippen LogP contribution in [0.4, 0.5) is 0 Å². The number of nitrogens with zero attached hydrogens (tertiary/aromatic N) is 2. The third-order valence-electron chi connectivity index (χ3n) is 1.68. The fourth-order valence-corrected chi connectivity index (χ4v) is 1.03. The van der Waals surface area contributed by atoms with Gasteiger partial charge in [-0.2, -0.15) is 0 Å². The summed E-state index contributed by atoms with van der Waals surface area (Å²) < 4.78 is 10.5. The van der Waals surface area contributed by atoms with Gasteiger partial charge < -0.3 is 9.47 Å². The van der Waals surface area contributed by atoms with Crippen LogP contribution in [0.25, 0.3) is 0 Å². The lowest BCUT2D eigenvalue weighted by molar-refractivity contribution is -0.123. The van der Waals surface area contributed by atoms with E-state index in [1.165, 1.54) is 26.4 Å². The van der Waals surface area contributed by atoms with Crippen molar-refractivity contribution in [1.29, 1.82) is 0 Å². The zero-order chi connectivity index (χ0) is 11.3. The van der Waals surface area contributed by atoms with Gasteiger partial charge in [-0.3, -0.25) is 9.59 Å². The van der Waals surface area contributed by atoms with Gasteiger partial charge in [-0.15, -0.1) is 5.10 Å². The maximum Gasteiger partial charge on any atom is 0.267 e. The van der Waals surface area contributed by atoms with E-state index < -0.39 is 0 Å². The Morgan fingerprint density at radius 2 is 2.20 bits per heavy atom. The summed E-state index contributed by atoms with van der Waals surface area (Å²) in [7, 11) is 2.85. The molecule has 15 heavy (non-hydrogen) atoms. The van der Waals surface area contributed by atoms with Crippen LogP contribution in [0, 0.1) is 0 Å². The SMILES string of the molecule is COCC(=O)Cn1nc(OC)ccc1=O. The minimum Gasteiger partial charge on any atom is -0.480 e. The fraction of sp³-hybridized carbons (Fsp3) is 0.444. The third kappa shape index (κ3) is 3.17. The summed E-state index contributed by atoms with van der Waals surface area (Å²) in [6.07, 6.45) is 0. The van der Waals surface area contributed by atoms with E-state index in [4.69, 9.17) is 4.74 Å². The number of carbonyl (C=O) groups excluding carboxylic acids is 1. The van der Waals surface area contributed by atoms with Gasteiger partial charge in [0.25, 0.3) is 5.56 Å². The van der Waals surface area contributed by atoms with Gasteiger partial charge in [0.2, 0.25) is 5.88 Å². The molecule has 0 aliphatic rings. The zero-order valence-corrected chi connectivity index (χ0v) is 8.60. The highest BCUT2D eigenvalue weighted by atomic mass is 16.5. The summed E-state index contributed by atoms with van der Waals surface area (Å²) in [5.41, 5.74) is -0.347. The maximum atomic E-state index is 11.3. The largest absolute Gasteiger partial charge is 0.480 e. The predicted octanol–water partition coefficient (Wildman–Crippen LogP) is -0.533. The molecule has 0 aliphatic heterocycles. The molecule has 0 radical (unpaired) electrons. The van der Waals surface area contributed by atoms with Crippen LogP contribution in [-0.4, -0.2) is 36.4 Å². The van der Waals surface area contributed by atoms with E-state index in [1.807, 2.05) is 0 Å². The second-order valence-corrected chi connectivity index (χ2v) is 2.84. The predicted molar refractivity (Wildman–Crippen MR) is 51.9 cm³/mol. The van der Waals surface area contributed by atoms with E-state index in [0.29, 0.717) is 5.88 Å². The zero-order valence-electron chi connectivity index (χ0n) is 8.60. The van der Waals surface area contributed by atoms with Crippen LogP contribution in [0.3, 0.4) is 0 Å². The molecule has 0 saturated heterocycles. The van der Waals surface area contributed by atoms with Gasteiger partial charge in [-0.05, 0) is 0 Å². The molecular formula is C9H12N2O4. The first-order valence-corrected chi connectivity index (χ1v) is 4.30. The fourth-order valence-electron chi connectivity index (χ4n) is 1.03. The van der Waals surface area contributed by atoms with Crippen molar-refractivity contribution in [3.05, 3.63) is 22.5 Å². The van der Waals surface area contributed by atoms with E-state index in [9.17, 15) is 9.59 Å². The summed E-state index contributed by atoms with van der Waals surface area (Å²) in [5.74, 6) is 0.0696. The standard InChI is InChI=1S/C9H12N2O4/c1-14-6-7(12)5-11-9(13)4-3-8(10-11)15-2/h3-4H,5-6H2,1-2H3. The Kier molecular flexibility index (Phi) is 3.99. The normalized spacial score (nSPS) is 10.0. The number of ketones is 1. The molecule has 1 heterocycles. The van der Waals surface area contributed by atoms with Gasteiger partial charge in [0.05, 0.1) is 7.11 Å². The lowest BCUT2D eigenvalue weighted by Gasteiger charge is -2.04. The number of carbonyl (C=O) groups is 1. The van der Waals surface area contributed by atoms with Gasteiger partial charge in [0.1, 0.15) is 13.2 Å². The number of Topliss-reactive ketones (excluding diaryl/α,β-unsaturated/α-hetero) is 1. The van der Waals surface area contributed by atoms with E-state index in [1.54, 1.807) is 0 Å². The molecule has 1 rings (SSSR count). The Hall–Kier alpha value is -1.69. The van der Waals surface area contributed by atoms with Crippen LogP contribution >= 0.6 is 0 Å². The molecular weight excluding hydrogens is 200 g/mol. The average Bonchev–Trinajstić information content (AvgIpc) is 2.21. The average molecular weight is 212 g/mol. The van der Waals surface area contributed by atoms with Crippen molar-refractivity contribution in [2.45, 2.75) is 6.54 Å². The highest BCUT2D eigenvalue weighted by Gasteiger charge is 2.06. The maximum absolute atomic E-state index is 11.3. The van der Waals surface area contributed by atoms with Crippen LogP contribution < -0.4 is 10.3 Å². The Morgan fingerprint density at radius 3 is 2.80 bits per heavy atom. The lowest BCUT2D eigenvalue weighted by Crippen LogP contribution is -2.27. The molecule has 1 aromatic rings. The number of aromatic nitrogens is 2. The monoisotopic (exact) mass is 212 g/mol. The van der Waals surface area contributed by atoms with Gasteiger partial charge in [0, 0.05) is 19.2 Å². The van der Waals surface area contributed by atoms with Crippen molar-refractivity contribution < 1.29 is 14.3 Å². The molecule has 0 atom stereocenters. The van der Waals surface area contributed by atoms with Crippen LogP contribution in [0.2, 0.25) is 0 Å². The van der Waals surface area contributed by atoms with Crippen molar-refractivity contribution in [2.24, 2.45) is 0 Å². The van der Waals surface area contributed by atoms with E-state index >= 15 is 0 Å².